The quantitative estimate of drug-likeness (QED) is 0.758. The van der Waals surface area contributed by atoms with Crippen LogP contribution in [0.3, 0.4) is 0 Å². The Morgan fingerprint density at radius 3 is 2.83 bits per heavy atom. The second kappa shape index (κ2) is 5.03. The van der Waals surface area contributed by atoms with E-state index in [2.05, 4.69) is 14.7 Å². The molecule has 0 amide bonds. The number of hydrogen-bond donors (Lipinski definition) is 0. The number of esters is 1. The summed E-state index contributed by atoms with van der Waals surface area (Å²) in [4.78, 5) is 19.8. The summed E-state index contributed by atoms with van der Waals surface area (Å²) in [5.74, 6) is -0.244. The summed E-state index contributed by atoms with van der Waals surface area (Å²) in [6, 6.07) is 0. The number of ether oxygens (including phenoxy) is 3. The van der Waals surface area contributed by atoms with Crippen LogP contribution in [0.25, 0.3) is 5.57 Å². The summed E-state index contributed by atoms with van der Waals surface area (Å²) in [6.45, 7) is 2.32. The molecule has 6 heteroatoms. The van der Waals surface area contributed by atoms with Crippen molar-refractivity contribution in [1.82, 2.24) is 9.97 Å². The second-order valence-corrected chi connectivity index (χ2v) is 3.68. The average Bonchev–Trinajstić information content (AvgIpc) is 2.44. The van der Waals surface area contributed by atoms with E-state index in [0.29, 0.717) is 18.2 Å². The molecule has 0 aliphatic carbocycles. The molecule has 1 aliphatic heterocycles. The largest absolute Gasteiger partial charge is 0.496 e. The zero-order chi connectivity index (χ0) is 13.1. The number of allylic oxidation sites excluding steroid dienone is 1. The zero-order valence-electron chi connectivity index (χ0n) is 10.5. The molecular formula is C12H14N2O4. The van der Waals surface area contributed by atoms with Crippen molar-refractivity contribution in [3.63, 3.8) is 0 Å². The van der Waals surface area contributed by atoms with Crippen LogP contribution in [0.2, 0.25) is 0 Å². The molecule has 0 bridgehead atoms. The highest BCUT2D eigenvalue weighted by Gasteiger charge is 2.23. The molecule has 0 atom stereocenters. The Balaban J connectivity index is 2.58. The number of rotatable bonds is 3. The lowest BCUT2D eigenvalue weighted by molar-refractivity contribution is 0.0585. The summed E-state index contributed by atoms with van der Waals surface area (Å²) in [5.41, 5.74) is 2.35. The van der Waals surface area contributed by atoms with E-state index in [1.54, 1.807) is 6.26 Å². The Hall–Kier alpha value is -2.11. The van der Waals surface area contributed by atoms with Crippen molar-refractivity contribution >= 4 is 11.5 Å². The molecule has 96 valence electrons. The van der Waals surface area contributed by atoms with Gasteiger partial charge in [-0.1, -0.05) is 6.92 Å². The van der Waals surface area contributed by atoms with Gasteiger partial charge < -0.3 is 14.2 Å². The third-order valence-corrected chi connectivity index (χ3v) is 2.67. The minimum absolute atomic E-state index is 0.00523. The van der Waals surface area contributed by atoms with Crippen LogP contribution in [0.15, 0.2) is 6.26 Å². The van der Waals surface area contributed by atoms with E-state index in [-0.39, 0.29) is 5.82 Å². The molecule has 0 aromatic carbocycles. The molecule has 1 aromatic heterocycles. The summed E-state index contributed by atoms with van der Waals surface area (Å²) in [7, 11) is 2.78. The van der Waals surface area contributed by atoms with Crippen molar-refractivity contribution < 1.29 is 19.0 Å². The molecule has 0 fully saturated rings. The Labute approximate surface area is 105 Å². The van der Waals surface area contributed by atoms with Crippen molar-refractivity contribution in [2.24, 2.45) is 0 Å². The fourth-order valence-electron chi connectivity index (χ4n) is 1.74. The van der Waals surface area contributed by atoms with Crippen molar-refractivity contribution in [2.75, 3.05) is 14.2 Å². The van der Waals surface area contributed by atoms with Crippen LogP contribution in [0.5, 0.6) is 5.88 Å². The van der Waals surface area contributed by atoms with Crippen LogP contribution in [0.4, 0.5) is 0 Å². The molecule has 6 nitrogen and oxygen atoms in total. The first kappa shape index (κ1) is 12.3. The summed E-state index contributed by atoms with van der Waals surface area (Å²) < 4.78 is 15.1. The number of fused-ring (bicyclic) bond motifs is 1. The van der Waals surface area contributed by atoms with Gasteiger partial charge in [0.1, 0.15) is 6.61 Å². The molecule has 2 rings (SSSR count). The van der Waals surface area contributed by atoms with Gasteiger partial charge in [-0.25, -0.2) is 9.78 Å². The summed E-state index contributed by atoms with van der Waals surface area (Å²) in [6.07, 6.45) is 2.39. The van der Waals surface area contributed by atoms with Gasteiger partial charge in [0.2, 0.25) is 11.7 Å². The Bertz CT molecular complexity index is 511. The van der Waals surface area contributed by atoms with Gasteiger partial charge >= 0.3 is 5.97 Å². The molecule has 2 heterocycles. The predicted octanol–water partition coefficient (Wildman–Crippen LogP) is 1.55. The van der Waals surface area contributed by atoms with E-state index < -0.39 is 5.97 Å². The molecule has 0 radical (unpaired) electrons. The molecule has 0 unspecified atom stereocenters. The molecule has 0 spiro atoms. The number of hydrogen-bond acceptors (Lipinski definition) is 6. The summed E-state index contributed by atoms with van der Waals surface area (Å²) >= 11 is 0. The van der Waals surface area contributed by atoms with E-state index in [4.69, 9.17) is 9.47 Å². The van der Waals surface area contributed by atoms with Gasteiger partial charge in [-0.05, 0) is 6.42 Å². The molecule has 18 heavy (non-hydrogen) atoms. The van der Waals surface area contributed by atoms with E-state index >= 15 is 0 Å². The average molecular weight is 250 g/mol. The maximum atomic E-state index is 11.5. The number of aromatic nitrogens is 2. The van der Waals surface area contributed by atoms with E-state index in [0.717, 1.165) is 17.6 Å². The second-order valence-electron chi connectivity index (χ2n) is 3.68. The van der Waals surface area contributed by atoms with Gasteiger partial charge in [0, 0.05) is 5.57 Å². The first-order valence-corrected chi connectivity index (χ1v) is 5.55. The highest BCUT2D eigenvalue weighted by molar-refractivity contribution is 5.86. The fourth-order valence-corrected chi connectivity index (χ4v) is 1.74. The Morgan fingerprint density at radius 2 is 2.22 bits per heavy atom. The number of carbonyl (C=O) groups excluding carboxylic acids is 1. The van der Waals surface area contributed by atoms with E-state index in [9.17, 15) is 4.79 Å². The number of carbonyl (C=O) groups is 1. The third-order valence-electron chi connectivity index (χ3n) is 2.67. The van der Waals surface area contributed by atoms with E-state index in [1.165, 1.54) is 14.2 Å². The minimum Gasteiger partial charge on any atom is -0.496 e. The molecule has 0 saturated heterocycles. The monoisotopic (exact) mass is 250 g/mol. The smallest absolute Gasteiger partial charge is 0.376 e. The third kappa shape index (κ3) is 2.01. The topological polar surface area (TPSA) is 70.5 Å². The molecular weight excluding hydrogens is 236 g/mol. The van der Waals surface area contributed by atoms with Gasteiger partial charge in [0.25, 0.3) is 0 Å². The van der Waals surface area contributed by atoms with Gasteiger partial charge in [-0.3, -0.25) is 0 Å². The molecule has 1 aromatic rings. The van der Waals surface area contributed by atoms with Crippen LogP contribution in [-0.4, -0.2) is 30.2 Å². The van der Waals surface area contributed by atoms with Crippen LogP contribution in [0.1, 0.15) is 35.2 Å². The lowest BCUT2D eigenvalue weighted by Crippen LogP contribution is -2.15. The molecule has 0 saturated carbocycles. The lowest BCUT2D eigenvalue weighted by atomic mass is 10.0. The van der Waals surface area contributed by atoms with Gasteiger partial charge in [0.15, 0.2) is 0 Å². The van der Waals surface area contributed by atoms with Crippen molar-refractivity contribution in [1.29, 1.82) is 0 Å². The lowest BCUT2D eigenvalue weighted by Gasteiger charge is -2.18. The van der Waals surface area contributed by atoms with Crippen LogP contribution < -0.4 is 4.74 Å². The Kier molecular flexibility index (Phi) is 3.45. The minimum atomic E-state index is -0.585. The normalized spacial score (nSPS) is 13.2. The van der Waals surface area contributed by atoms with E-state index in [1.807, 2.05) is 6.92 Å². The van der Waals surface area contributed by atoms with Crippen LogP contribution in [0, 0.1) is 0 Å². The van der Waals surface area contributed by atoms with Crippen molar-refractivity contribution in [2.45, 2.75) is 20.0 Å². The van der Waals surface area contributed by atoms with Crippen molar-refractivity contribution in [3.05, 3.63) is 23.3 Å². The molecule has 1 aliphatic rings. The zero-order valence-corrected chi connectivity index (χ0v) is 10.5. The predicted molar refractivity (Wildman–Crippen MR) is 63.0 cm³/mol. The molecule has 0 N–H and O–H groups in total. The highest BCUT2D eigenvalue weighted by atomic mass is 16.5. The van der Waals surface area contributed by atoms with Gasteiger partial charge in [-0.2, -0.15) is 4.98 Å². The number of nitrogens with zero attached hydrogens (tertiary/aromatic N) is 2. The standard InChI is InChI=1S/C12H14N2O4/c1-4-7-5-18-6-8-9(7)13-10(12(15)17-3)14-11(8)16-2/h5H,4,6H2,1-3H3. The van der Waals surface area contributed by atoms with Gasteiger partial charge in [-0.15, -0.1) is 0 Å². The first-order chi connectivity index (χ1) is 8.71. The SMILES string of the molecule is CCC1=COCc2c(OC)nc(C(=O)OC)nc21. The Morgan fingerprint density at radius 1 is 1.44 bits per heavy atom. The van der Waals surface area contributed by atoms with Gasteiger partial charge in [0.05, 0.1) is 31.7 Å². The number of methoxy groups -OCH3 is 2. The maximum Gasteiger partial charge on any atom is 0.376 e. The van der Waals surface area contributed by atoms with Crippen LogP contribution >= 0.6 is 0 Å². The van der Waals surface area contributed by atoms with Crippen LogP contribution in [-0.2, 0) is 16.1 Å². The highest BCUT2D eigenvalue weighted by Crippen LogP contribution is 2.30. The fraction of sp³-hybridized carbons (Fsp3) is 0.417. The first-order valence-electron chi connectivity index (χ1n) is 5.55. The maximum absolute atomic E-state index is 11.5. The van der Waals surface area contributed by atoms with Crippen molar-refractivity contribution in [3.8, 4) is 5.88 Å². The summed E-state index contributed by atoms with van der Waals surface area (Å²) in [5, 5.41) is 0.